The van der Waals surface area contributed by atoms with E-state index in [2.05, 4.69) is 0 Å². The van der Waals surface area contributed by atoms with Crippen LogP contribution in [0.3, 0.4) is 0 Å². The number of aliphatic hydroxyl groups excluding tert-OH is 1. The van der Waals surface area contributed by atoms with Crippen LogP contribution in [0.15, 0.2) is 0 Å². The van der Waals surface area contributed by atoms with E-state index in [0.29, 0.717) is 6.54 Å². The van der Waals surface area contributed by atoms with Gasteiger partial charge in [0, 0.05) is 13.1 Å². The number of aliphatic hydroxyl groups is 1. The van der Waals surface area contributed by atoms with Crippen molar-refractivity contribution in [1.82, 2.24) is 4.90 Å². The molecule has 0 heterocycles. The lowest BCUT2D eigenvalue weighted by molar-refractivity contribution is -0.141. The van der Waals surface area contributed by atoms with Crippen molar-refractivity contribution in [3.8, 4) is 6.07 Å². The molecule has 0 amide bonds. The number of nitriles is 1. The van der Waals surface area contributed by atoms with Crippen LogP contribution in [0, 0.1) is 17.2 Å². The number of carboxylic acid groups (broad SMARTS) is 1. The Hall–Kier alpha value is -1.12. The molecule has 0 aliphatic heterocycles. The van der Waals surface area contributed by atoms with Gasteiger partial charge in [-0.05, 0) is 6.92 Å². The summed E-state index contributed by atoms with van der Waals surface area (Å²) in [6.45, 7) is 3.94. The molecule has 2 atom stereocenters. The van der Waals surface area contributed by atoms with Crippen LogP contribution in [0.25, 0.3) is 0 Å². The topological polar surface area (TPSA) is 84.6 Å². The third-order valence-electron chi connectivity index (χ3n) is 1.77. The van der Waals surface area contributed by atoms with Crippen LogP contribution in [0.5, 0.6) is 0 Å². The molecule has 0 aromatic carbocycles. The van der Waals surface area contributed by atoms with Crippen molar-refractivity contribution in [3.63, 3.8) is 0 Å². The summed E-state index contributed by atoms with van der Waals surface area (Å²) >= 11 is 0. The van der Waals surface area contributed by atoms with Gasteiger partial charge in [-0.25, -0.2) is 0 Å². The number of carboxylic acids is 1. The van der Waals surface area contributed by atoms with Gasteiger partial charge in [-0.2, -0.15) is 5.26 Å². The Balaban J connectivity index is 4.09. The SMILES string of the molecule is CC(O)CN(CC#N)CC(C)C(=O)O. The first kappa shape index (κ1) is 12.9. The normalized spacial score (nSPS) is 14.8. The van der Waals surface area contributed by atoms with Crippen molar-refractivity contribution in [1.29, 1.82) is 5.26 Å². The molecule has 0 aromatic heterocycles. The average Bonchev–Trinajstić information content (AvgIpc) is 2.02. The molecule has 0 radical (unpaired) electrons. The minimum atomic E-state index is -0.890. The van der Waals surface area contributed by atoms with Crippen molar-refractivity contribution < 1.29 is 15.0 Å². The minimum absolute atomic E-state index is 0.141. The van der Waals surface area contributed by atoms with E-state index < -0.39 is 18.0 Å². The maximum atomic E-state index is 10.6. The highest BCUT2D eigenvalue weighted by molar-refractivity contribution is 5.69. The number of rotatable bonds is 6. The molecule has 80 valence electrons. The Morgan fingerprint density at radius 2 is 2.07 bits per heavy atom. The van der Waals surface area contributed by atoms with E-state index in [-0.39, 0.29) is 13.1 Å². The Labute approximate surface area is 83.6 Å². The van der Waals surface area contributed by atoms with Crippen molar-refractivity contribution in [2.45, 2.75) is 20.0 Å². The molecular weight excluding hydrogens is 184 g/mol. The first-order chi connectivity index (χ1) is 6.47. The van der Waals surface area contributed by atoms with E-state index in [1.807, 2.05) is 6.07 Å². The second-order valence-electron chi connectivity index (χ2n) is 3.44. The summed E-state index contributed by atoms with van der Waals surface area (Å²) in [6, 6.07) is 1.94. The largest absolute Gasteiger partial charge is 0.481 e. The number of nitrogens with zero attached hydrogens (tertiary/aromatic N) is 2. The van der Waals surface area contributed by atoms with Crippen LogP contribution in [0.1, 0.15) is 13.8 Å². The molecule has 0 fully saturated rings. The molecule has 0 saturated heterocycles. The Morgan fingerprint density at radius 1 is 1.50 bits per heavy atom. The van der Waals surface area contributed by atoms with Gasteiger partial charge in [-0.1, -0.05) is 6.92 Å². The Kier molecular flexibility index (Phi) is 5.84. The summed E-state index contributed by atoms with van der Waals surface area (Å²) in [5.74, 6) is -1.42. The summed E-state index contributed by atoms with van der Waals surface area (Å²) in [7, 11) is 0. The van der Waals surface area contributed by atoms with Gasteiger partial charge in [0.25, 0.3) is 0 Å². The summed E-state index contributed by atoms with van der Waals surface area (Å²) in [6.07, 6.45) is -0.552. The first-order valence-electron chi connectivity index (χ1n) is 4.47. The molecule has 0 aliphatic rings. The predicted molar refractivity (Wildman–Crippen MR) is 50.5 cm³/mol. The summed E-state index contributed by atoms with van der Waals surface area (Å²) < 4.78 is 0. The van der Waals surface area contributed by atoms with Gasteiger partial charge in [0.05, 0.1) is 24.6 Å². The van der Waals surface area contributed by atoms with Crippen LogP contribution in [0.4, 0.5) is 0 Å². The maximum Gasteiger partial charge on any atom is 0.307 e. The second kappa shape index (κ2) is 6.35. The Bertz CT molecular complexity index is 223. The molecule has 0 saturated carbocycles. The number of aliphatic carboxylic acids is 1. The molecule has 14 heavy (non-hydrogen) atoms. The Morgan fingerprint density at radius 3 is 2.43 bits per heavy atom. The fraction of sp³-hybridized carbons (Fsp3) is 0.778. The van der Waals surface area contributed by atoms with Crippen LogP contribution in [-0.4, -0.2) is 46.8 Å². The van der Waals surface area contributed by atoms with Crippen LogP contribution < -0.4 is 0 Å². The van der Waals surface area contributed by atoms with Crippen molar-refractivity contribution in [2.75, 3.05) is 19.6 Å². The monoisotopic (exact) mass is 200 g/mol. The predicted octanol–water partition coefficient (Wildman–Crippen LogP) is -0.0865. The average molecular weight is 200 g/mol. The quantitative estimate of drug-likeness (QED) is 0.585. The zero-order valence-corrected chi connectivity index (χ0v) is 8.47. The van der Waals surface area contributed by atoms with E-state index >= 15 is 0 Å². The lowest BCUT2D eigenvalue weighted by atomic mass is 10.1. The lowest BCUT2D eigenvalue weighted by Gasteiger charge is -2.22. The third kappa shape index (κ3) is 5.51. The highest BCUT2D eigenvalue weighted by Crippen LogP contribution is 2.01. The van der Waals surface area contributed by atoms with E-state index in [0.717, 1.165) is 0 Å². The molecule has 5 heteroatoms. The van der Waals surface area contributed by atoms with Crippen LogP contribution >= 0.6 is 0 Å². The molecular formula is C9H16N2O3. The fourth-order valence-corrected chi connectivity index (χ4v) is 1.14. The number of carbonyl (C=O) groups is 1. The van der Waals surface area contributed by atoms with Gasteiger partial charge >= 0.3 is 5.97 Å². The molecule has 2 unspecified atom stereocenters. The summed E-state index contributed by atoms with van der Waals surface area (Å²) in [5.41, 5.74) is 0. The summed E-state index contributed by atoms with van der Waals surface area (Å²) in [5, 5.41) is 26.2. The van der Waals surface area contributed by atoms with Crippen molar-refractivity contribution >= 4 is 5.97 Å². The molecule has 0 spiro atoms. The highest BCUT2D eigenvalue weighted by atomic mass is 16.4. The zero-order chi connectivity index (χ0) is 11.1. The zero-order valence-electron chi connectivity index (χ0n) is 8.47. The van der Waals surface area contributed by atoms with Gasteiger partial charge in [-0.3, -0.25) is 9.69 Å². The smallest absolute Gasteiger partial charge is 0.307 e. The van der Waals surface area contributed by atoms with E-state index in [4.69, 9.17) is 15.5 Å². The second-order valence-corrected chi connectivity index (χ2v) is 3.44. The molecule has 0 aromatic rings. The number of hydrogen-bond donors (Lipinski definition) is 2. The van der Waals surface area contributed by atoms with Crippen LogP contribution in [-0.2, 0) is 4.79 Å². The van der Waals surface area contributed by atoms with Crippen molar-refractivity contribution in [3.05, 3.63) is 0 Å². The lowest BCUT2D eigenvalue weighted by Crippen LogP contribution is -2.36. The third-order valence-corrected chi connectivity index (χ3v) is 1.77. The van der Waals surface area contributed by atoms with Gasteiger partial charge in [-0.15, -0.1) is 0 Å². The summed E-state index contributed by atoms with van der Waals surface area (Å²) in [4.78, 5) is 12.2. The van der Waals surface area contributed by atoms with Gasteiger partial charge in [0.1, 0.15) is 0 Å². The van der Waals surface area contributed by atoms with Crippen molar-refractivity contribution in [2.24, 2.45) is 5.92 Å². The van der Waals surface area contributed by atoms with Gasteiger partial charge < -0.3 is 10.2 Å². The standard InChI is InChI=1S/C9H16N2O3/c1-7(9(13)14)5-11(4-3-10)6-8(2)12/h7-8,12H,4-6H2,1-2H3,(H,13,14). The highest BCUT2D eigenvalue weighted by Gasteiger charge is 2.16. The van der Waals surface area contributed by atoms with E-state index in [9.17, 15) is 4.79 Å². The van der Waals surface area contributed by atoms with E-state index in [1.54, 1.807) is 18.7 Å². The fourth-order valence-electron chi connectivity index (χ4n) is 1.14. The molecule has 0 aliphatic carbocycles. The van der Waals surface area contributed by atoms with Crippen LogP contribution in [0.2, 0.25) is 0 Å². The molecule has 2 N–H and O–H groups in total. The van der Waals surface area contributed by atoms with Gasteiger partial charge in [0.2, 0.25) is 0 Å². The molecule has 0 rings (SSSR count). The number of hydrogen-bond acceptors (Lipinski definition) is 4. The van der Waals surface area contributed by atoms with Gasteiger partial charge in [0.15, 0.2) is 0 Å². The van der Waals surface area contributed by atoms with E-state index in [1.165, 1.54) is 0 Å². The molecule has 5 nitrogen and oxygen atoms in total. The molecule has 0 bridgehead atoms. The first-order valence-corrected chi connectivity index (χ1v) is 4.47. The minimum Gasteiger partial charge on any atom is -0.481 e. The maximum absolute atomic E-state index is 10.6.